The number of aliphatic hydroxyl groups is 2. The van der Waals surface area contributed by atoms with Crippen molar-refractivity contribution >= 4 is 64.0 Å². The molecule has 29 heteroatoms. The number of rotatable bonds is 25. The van der Waals surface area contributed by atoms with Gasteiger partial charge >= 0.3 is 5.97 Å². The maximum atomic E-state index is 12.5. The number of phosphoric acid groups is 3. The monoisotopic (exact) mass is 873 g/mol. The molecule has 7 N–H and O–H groups in total. The Morgan fingerprint density at radius 2 is 1.61 bits per heavy atom. The predicted octanol–water partition coefficient (Wildman–Crippen LogP) is -3.13. The van der Waals surface area contributed by atoms with Crippen LogP contribution in [-0.2, 0) is 55.5 Å². The SMILES string of the molecule is CC(C)(COP(=O)([O-])OP(=O)([O-])OCC1OC(n2cnc3c(N)ncnc32)C(O)C1OP(=O)([O-])[O-])C(O)C(=O)NCCC(=O)NCCC(=O)CCCCCC(=O)O. The Hall–Kier alpha value is -3.32. The van der Waals surface area contributed by atoms with E-state index in [1.807, 2.05) is 0 Å². The molecule has 7 unspecified atom stereocenters. The van der Waals surface area contributed by atoms with Crippen molar-refractivity contribution in [2.75, 3.05) is 32.0 Å². The van der Waals surface area contributed by atoms with E-state index < -0.39 is 90.5 Å². The maximum Gasteiger partial charge on any atom is 0.303 e. The molecule has 0 saturated carbocycles. The molecule has 1 saturated heterocycles. The fraction of sp³-hybridized carbons (Fsp3) is 0.679. The summed E-state index contributed by atoms with van der Waals surface area (Å²) < 4.78 is 60.4. The van der Waals surface area contributed by atoms with Crippen LogP contribution in [0.3, 0.4) is 0 Å². The van der Waals surface area contributed by atoms with Gasteiger partial charge < -0.3 is 74.1 Å². The number of phosphoric ester groups is 3. The van der Waals surface area contributed by atoms with Gasteiger partial charge in [-0.3, -0.25) is 32.9 Å². The summed E-state index contributed by atoms with van der Waals surface area (Å²) in [5.41, 5.74) is 4.02. The van der Waals surface area contributed by atoms with Gasteiger partial charge in [-0.2, -0.15) is 0 Å². The number of fused-ring (bicyclic) bond motifs is 1. The van der Waals surface area contributed by atoms with Crippen LogP contribution in [0.25, 0.3) is 11.2 Å². The zero-order valence-electron chi connectivity index (χ0n) is 30.4. The van der Waals surface area contributed by atoms with Gasteiger partial charge in [0.25, 0.3) is 15.6 Å². The zero-order valence-corrected chi connectivity index (χ0v) is 33.1. The summed E-state index contributed by atoms with van der Waals surface area (Å²) >= 11 is 0. The van der Waals surface area contributed by atoms with E-state index >= 15 is 0 Å². The van der Waals surface area contributed by atoms with Crippen molar-refractivity contribution in [3.05, 3.63) is 12.7 Å². The molecular formula is C28H42N7O19P3-4. The van der Waals surface area contributed by atoms with Crippen LogP contribution in [0.4, 0.5) is 5.82 Å². The van der Waals surface area contributed by atoms with Crippen molar-refractivity contribution in [1.82, 2.24) is 30.2 Å². The topological polar surface area (TPSA) is 412 Å². The summed E-state index contributed by atoms with van der Waals surface area (Å²) in [7, 11) is -17.6. The molecule has 2 aromatic heterocycles. The van der Waals surface area contributed by atoms with Gasteiger partial charge in [0.2, 0.25) is 11.8 Å². The molecule has 1 aliphatic heterocycles. The number of aromatic nitrogens is 4. The highest BCUT2D eigenvalue weighted by atomic mass is 31.3. The number of carboxylic acids is 1. The number of ether oxygens (including phenoxy) is 1. The molecule has 57 heavy (non-hydrogen) atoms. The molecule has 2 aromatic rings. The van der Waals surface area contributed by atoms with Crippen molar-refractivity contribution in [2.24, 2.45) is 5.41 Å². The number of hydrogen-bond acceptors (Lipinski definition) is 22. The minimum Gasteiger partial charge on any atom is -0.790 e. The van der Waals surface area contributed by atoms with Gasteiger partial charge in [-0.1, -0.05) is 20.3 Å². The third-order valence-electron chi connectivity index (χ3n) is 8.13. The van der Waals surface area contributed by atoms with Crippen LogP contribution >= 0.6 is 23.5 Å². The summed E-state index contributed by atoms with van der Waals surface area (Å²) in [5.74, 6) is -2.71. The molecule has 3 heterocycles. The summed E-state index contributed by atoms with van der Waals surface area (Å²) in [6, 6.07) is 0. The van der Waals surface area contributed by atoms with E-state index in [1.54, 1.807) is 0 Å². The number of carboxylic acid groups (broad SMARTS) is 1. The van der Waals surface area contributed by atoms with Gasteiger partial charge in [0.15, 0.2) is 17.7 Å². The molecule has 0 aromatic carbocycles. The lowest BCUT2D eigenvalue weighted by atomic mass is 9.87. The van der Waals surface area contributed by atoms with E-state index in [2.05, 4.69) is 43.5 Å². The van der Waals surface area contributed by atoms with Gasteiger partial charge in [0.05, 0.1) is 27.4 Å². The van der Waals surface area contributed by atoms with Crippen molar-refractivity contribution < 1.29 is 90.4 Å². The Morgan fingerprint density at radius 3 is 2.28 bits per heavy atom. The second-order valence-electron chi connectivity index (χ2n) is 13.2. The molecule has 1 fully saturated rings. The Kier molecular flexibility index (Phi) is 17.4. The summed E-state index contributed by atoms with van der Waals surface area (Å²) in [6.45, 7) is -0.195. The van der Waals surface area contributed by atoms with E-state index in [9.17, 15) is 62.7 Å². The standard InChI is InChI=1S/C28H46N7O19P3/c1-28(2,23(41)26(42)31-11-9-18(37)30-10-8-16(36)6-4-3-5-7-19(38)39)13-51-57(48,49)54-56(46,47)50-12-17-22(53-55(43,44)45)21(40)27(52-17)35-15-34-20-24(29)32-14-33-25(20)35/h14-15,17,21-23,27,40-41H,3-13H2,1-2H3,(H,30,37)(H,31,42)(H,38,39)(H,46,47)(H,48,49)(H2,29,32,33)(H2,43,44,45)/p-4. The number of carbonyl (C=O) groups is 4. The molecule has 7 atom stereocenters. The first-order valence-corrected chi connectivity index (χ1v) is 21.3. The minimum atomic E-state index is -5.93. The van der Waals surface area contributed by atoms with Crippen molar-refractivity contribution in [3.8, 4) is 0 Å². The third kappa shape index (κ3) is 15.4. The van der Waals surface area contributed by atoms with E-state index in [0.717, 1.165) is 17.2 Å². The zero-order chi connectivity index (χ0) is 42.8. The van der Waals surface area contributed by atoms with Crippen LogP contribution < -0.4 is 35.9 Å². The largest absolute Gasteiger partial charge is 0.790 e. The number of nitrogens with two attached hydrogens (primary N) is 1. The predicted molar refractivity (Wildman–Crippen MR) is 181 cm³/mol. The molecule has 0 aliphatic carbocycles. The molecule has 1 aliphatic rings. The first kappa shape index (κ1) is 48.1. The minimum absolute atomic E-state index is 0.0167. The average Bonchev–Trinajstić information content (AvgIpc) is 3.66. The Balaban J connectivity index is 1.46. The number of unbranched alkanes of at least 4 members (excludes halogenated alkanes) is 2. The number of imidazole rings is 1. The van der Waals surface area contributed by atoms with Crippen molar-refractivity contribution in [3.63, 3.8) is 0 Å². The number of carbonyl (C=O) groups excluding carboxylic acids is 3. The number of hydrogen-bond donors (Lipinski definition) is 6. The van der Waals surface area contributed by atoms with E-state index in [4.69, 9.17) is 15.6 Å². The lowest BCUT2D eigenvalue weighted by Crippen LogP contribution is -2.46. The number of ketones is 1. The number of nitrogens with one attached hydrogen (secondary N) is 2. The fourth-order valence-electron chi connectivity index (χ4n) is 5.16. The summed E-state index contributed by atoms with van der Waals surface area (Å²) in [5, 5.41) is 34.7. The van der Waals surface area contributed by atoms with Crippen LogP contribution in [0.1, 0.15) is 65.0 Å². The number of nitrogen functional groups attached to an aromatic ring is 1. The summed E-state index contributed by atoms with van der Waals surface area (Å²) in [4.78, 5) is 106. The van der Waals surface area contributed by atoms with Gasteiger partial charge in [-0.15, -0.1) is 0 Å². The van der Waals surface area contributed by atoms with Crippen LogP contribution in [0.15, 0.2) is 12.7 Å². The first-order valence-electron chi connectivity index (χ1n) is 17.0. The number of aliphatic hydroxyl groups excluding tert-OH is 2. The Labute approximate surface area is 323 Å². The van der Waals surface area contributed by atoms with Crippen molar-refractivity contribution in [2.45, 2.75) is 89.4 Å². The Bertz CT molecular complexity index is 1880. The Morgan fingerprint density at radius 1 is 0.965 bits per heavy atom. The maximum absolute atomic E-state index is 12.5. The van der Waals surface area contributed by atoms with Gasteiger partial charge in [0, 0.05) is 44.2 Å². The second kappa shape index (κ2) is 20.6. The molecule has 3 rings (SSSR count). The van der Waals surface area contributed by atoms with Crippen LogP contribution in [0.2, 0.25) is 0 Å². The highest BCUT2D eigenvalue weighted by molar-refractivity contribution is 7.59. The first-order chi connectivity index (χ1) is 26.4. The van der Waals surface area contributed by atoms with Gasteiger partial charge in [0.1, 0.15) is 42.0 Å². The molecular weight excluding hydrogens is 831 g/mol. The molecule has 0 spiro atoms. The quantitative estimate of drug-likeness (QED) is 0.0424. The number of nitrogens with zero attached hydrogens (tertiary/aromatic N) is 4. The average molecular weight is 874 g/mol. The summed E-state index contributed by atoms with van der Waals surface area (Å²) in [6.07, 6.45) is -5.88. The fourth-order valence-corrected chi connectivity index (χ4v) is 7.89. The number of aliphatic carboxylic acids is 1. The highest BCUT2D eigenvalue weighted by Crippen LogP contribution is 2.56. The van der Waals surface area contributed by atoms with E-state index in [1.165, 1.54) is 13.8 Å². The van der Waals surface area contributed by atoms with Crippen LogP contribution in [0, 0.1) is 5.41 Å². The second-order valence-corrected chi connectivity index (χ2v) is 17.3. The lowest BCUT2D eigenvalue weighted by molar-refractivity contribution is -0.347. The lowest BCUT2D eigenvalue weighted by Gasteiger charge is -2.36. The molecule has 0 bridgehead atoms. The van der Waals surface area contributed by atoms with Crippen LogP contribution in [-0.4, -0.2) is 109 Å². The molecule has 322 valence electrons. The molecule has 26 nitrogen and oxygen atoms in total. The molecule has 0 radical (unpaired) electrons. The van der Waals surface area contributed by atoms with E-state index in [-0.39, 0.29) is 61.5 Å². The smallest absolute Gasteiger partial charge is 0.303 e. The normalized spacial score (nSPS) is 21.4. The van der Waals surface area contributed by atoms with Crippen LogP contribution in [0.5, 0.6) is 0 Å². The highest BCUT2D eigenvalue weighted by Gasteiger charge is 2.47. The molecule has 2 amide bonds. The van der Waals surface area contributed by atoms with Crippen molar-refractivity contribution in [1.29, 1.82) is 0 Å². The van der Waals surface area contributed by atoms with Gasteiger partial charge in [-0.05, 0) is 12.8 Å². The number of anilines is 1. The van der Waals surface area contributed by atoms with Gasteiger partial charge in [-0.25, -0.2) is 19.3 Å². The number of amides is 2. The van der Waals surface area contributed by atoms with E-state index in [0.29, 0.717) is 19.3 Å². The third-order valence-corrected chi connectivity index (χ3v) is 11.1. The number of Topliss-reactive ketones (excluding diaryl/α,β-unsaturated/α-hetero) is 1.